The maximum Gasteiger partial charge on any atom is 0.131 e. The average Bonchev–Trinajstić information content (AvgIpc) is 3.40. The summed E-state index contributed by atoms with van der Waals surface area (Å²) in [4.78, 5) is 0. The van der Waals surface area contributed by atoms with Crippen molar-refractivity contribution in [2.24, 2.45) is 0 Å². The van der Waals surface area contributed by atoms with Crippen LogP contribution in [0.25, 0.3) is 28.3 Å². The van der Waals surface area contributed by atoms with Gasteiger partial charge in [-0.2, -0.15) is 0 Å². The molecule has 0 N–H and O–H groups in total. The fourth-order valence-corrected chi connectivity index (χ4v) is 8.33. The van der Waals surface area contributed by atoms with E-state index in [0.29, 0.717) is 0 Å². The van der Waals surface area contributed by atoms with Crippen LogP contribution in [0.15, 0.2) is 140 Å². The van der Waals surface area contributed by atoms with Gasteiger partial charge in [0, 0.05) is 16.5 Å². The van der Waals surface area contributed by atoms with Gasteiger partial charge in [-0.1, -0.05) is 135 Å². The van der Waals surface area contributed by atoms with Crippen molar-refractivity contribution in [3.63, 3.8) is 0 Å². The first-order valence-electron chi connectivity index (χ1n) is 16.1. The highest BCUT2D eigenvalue weighted by Crippen LogP contribution is 2.58. The predicted octanol–water partition coefficient (Wildman–Crippen LogP) is 11.1. The van der Waals surface area contributed by atoms with Gasteiger partial charge in [0.25, 0.3) is 0 Å². The Kier molecular flexibility index (Phi) is 5.65. The van der Waals surface area contributed by atoms with Gasteiger partial charge in [0.15, 0.2) is 0 Å². The van der Waals surface area contributed by atoms with Crippen LogP contribution in [0.2, 0.25) is 0 Å². The largest absolute Gasteiger partial charge is 0.457 e. The van der Waals surface area contributed by atoms with Gasteiger partial charge in [0.05, 0.1) is 5.41 Å². The van der Waals surface area contributed by atoms with Gasteiger partial charge in [-0.25, -0.2) is 0 Å². The third-order valence-electron chi connectivity index (χ3n) is 10.5. The van der Waals surface area contributed by atoms with E-state index in [1.807, 2.05) is 0 Å². The summed E-state index contributed by atoms with van der Waals surface area (Å²) in [5.74, 6) is 1.89. The molecule has 1 heteroatoms. The second-order valence-corrected chi connectivity index (χ2v) is 13.2. The van der Waals surface area contributed by atoms with Crippen LogP contribution in [0.1, 0.15) is 64.8 Å². The van der Waals surface area contributed by atoms with E-state index < -0.39 is 5.41 Å². The molecule has 0 fully saturated rings. The van der Waals surface area contributed by atoms with Crippen molar-refractivity contribution >= 4 is 6.08 Å². The topological polar surface area (TPSA) is 9.23 Å². The third-order valence-corrected chi connectivity index (χ3v) is 10.5. The van der Waals surface area contributed by atoms with Crippen LogP contribution in [-0.2, 0) is 17.3 Å². The summed E-state index contributed by atoms with van der Waals surface area (Å²) in [7, 11) is 0. The molecule has 1 aliphatic heterocycles. The van der Waals surface area contributed by atoms with Gasteiger partial charge in [0.1, 0.15) is 11.5 Å². The molecule has 6 aromatic carbocycles. The Morgan fingerprint density at radius 1 is 0.556 bits per heavy atom. The maximum absolute atomic E-state index is 6.41. The summed E-state index contributed by atoms with van der Waals surface area (Å²) in [6, 6.07) is 49.4. The molecule has 2 aliphatic carbocycles. The van der Waals surface area contributed by atoms with Crippen molar-refractivity contribution in [1.29, 1.82) is 0 Å². The Morgan fingerprint density at radius 2 is 1.29 bits per heavy atom. The lowest BCUT2D eigenvalue weighted by Crippen LogP contribution is -2.30. The number of benzene rings is 6. The quantitative estimate of drug-likeness (QED) is 0.203. The van der Waals surface area contributed by atoms with Crippen molar-refractivity contribution in [3.8, 4) is 33.8 Å². The number of ether oxygens (including phenoxy) is 1. The SMILES string of the molecule is CC1(C)c2ccccc2Oc2ccc(-c3cccc(C4(c5ccccc5)c5ccccc5-c5ccc6c(c54)C=CCC6)c3)cc21. The predicted molar refractivity (Wildman–Crippen MR) is 185 cm³/mol. The molecule has 0 aromatic heterocycles. The molecule has 45 heavy (non-hydrogen) atoms. The van der Waals surface area contributed by atoms with Crippen molar-refractivity contribution < 1.29 is 4.74 Å². The van der Waals surface area contributed by atoms with Crippen LogP contribution in [-0.4, -0.2) is 0 Å². The highest BCUT2D eigenvalue weighted by atomic mass is 16.5. The fraction of sp³-hybridized carbons (Fsp3) is 0.136. The van der Waals surface area contributed by atoms with E-state index in [0.717, 1.165) is 24.3 Å². The summed E-state index contributed by atoms with van der Waals surface area (Å²) < 4.78 is 6.41. The summed E-state index contributed by atoms with van der Waals surface area (Å²) in [6.07, 6.45) is 6.91. The molecule has 0 amide bonds. The molecule has 0 spiro atoms. The lowest BCUT2D eigenvalue weighted by atomic mass is 9.65. The molecule has 9 rings (SSSR count). The Balaban J connectivity index is 1.29. The second-order valence-electron chi connectivity index (χ2n) is 13.2. The molecule has 1 atom stereocenters. The van der Waals surface area contributed by atoms with E-state index in [4.69, 9.17) is 4.74 Å². The van der Waals surface area contributed by atoms with Gasteiger partial charge in [-0.3, -0.25) is 0 Å². The molecule has 0 saturated carbocycles. The standard InChI is InChI=1S/C44H34O/c1-43(2)38-21-10-11-22-40(38)45-41-26-24-31(28-39(41)43)30-14-12-17-33(27-30)44(32-15-4-3-5-16-32)37-20-9-8-19-35(37)36-25-23-29-13-6-7-18-34(29)42(36)44/h3-5,7-12,14-28H,6,13H2,1-2H3. The fourth-order valence-electron chi connectivity index (χ4n) is 8.33. The zero-order valence-electron chi connectivity index (χ0n) is 25.7. The van der Waals surface area contributed by atoms with Gasteiger partial charge in [-0.05, 0) is 92.7 Å². The van der Waals surface area contributed by atoms with Crippen LogP contribution >= 0.6 is 0 Å². The van der Waals surface area contributed by atoms with Crippen LogP contribution in [0.4, 0.5) is 0 Å². The Bertz CT molecular complexity index is 2170. The van der Waals surface area contributed by atoms with E-state index >= 15 is 0 Å². The number of para-hydroxylation sites is 1. The van der Waals surface area contributed by atoms with Crippen LogP contribution in [0, 0.1) is 0 Å². The molecule has 0 radical (unpaired) electrons. The Labute approximate surface area is 265 Å². The summed E-state index contributed by atoms with van der Waals surface area (Å²) in [6.45, 7) is 4.61. The summed E-state index contributed by atoms with van der Waals surface area (Å²) in [5, 5.41) is 0. The molecular weight excluding hydrogens is 544 g/mol. The van der Waals surface area contributed by atoms with Crippen molar-refractivity contribution in [1.82, 2.24) is 0 Å². The Morgan fingerprint density at radius 3 is 2.18 bits per heavy atom. The maximum atomic E-state index is 6.41. The number of rotatable bonds is 3. The molecule has 0 bridgehead atoms. The highest BCUT2D eigenvalue weighted by molar-refractivity contribution is 5.90. The van der Waals surface area contributed by atoms with Gasteiger partial charge >= 0.3 is 0 Å². The zero-order chi connectivity index (χ0) is 30.2. The van der Waals surface area contributed by atoms with E-state index in [1.54, 1.807) is 0 Å². The second kappa shape index (κ2) is 9.68. The molecule has 6 aromatic rings. The first kappa shape index (κ1) is 26.3. The van der Waals surface area contributed by atoms with Crippen molar-refractivity contribution in [3.05, 3.63) is 184 Å². The monoisotopic (exact) mass is 578 g/mol. The number of hydrogen-bond donors (Lipinski definition) is 0. The van der Waals surface area contributed by atoms with Gasteiger partial charge < -0.3 is 4.74 Å². The number of hydrogen-bond acceptors (Lipinski definition) is 1. The third kappa shape index (κ3) is 3.68. The first-order chi connectivity index (χ1) is 22.1. The van der Waals surface area contributed by atoms with Crippen LogP contribution < -0.4 is 4.74 Å². The normalized spacial score (nSPS) is 18.2. The first-order valence-corrected chi connectivity index (χ1v) is 16.1. The molecule has 3 aliphatic rings. The van der Waals surface area contributed by atoms with E-state index in [9.17, 15) is 0 Å². The lowest BCUT2D eigenvalue weighted by molar-refractivity contribution is 0.418. The van der Waals surface area contributed by atoms with E-state index in [2.05, 4.69) is 159 Å². The van der Waals surface area contributed by atoms with Gasteiger partial charge in [-0.15, -0.1) is 0 Å². The number of allylic oxidation sites excluding steroid dienone is 1. The average molecular weight is 579 g/mol. The smallest absolute Gasteiger partial charge is 0.131 e. The van der Waals surface area contributed by atoms with Crippen molar-refractivity contribution in [2.45, 2.75) is 37.5 Å². The molecule has 1 unspecified atom stereocenters. The number of aryl methyl sites for hydroxylation is 1. The highest BCUT2D eigenvalue weighted by Gasteiger charge is 2.48. The molecule has 1 nitrogen and oxygen atoms in total. The van der Waals surface area contributed by atoms with Crippen LogP contribution in [0.5, 0.6) is 11.5 Å². The molecule has 1 heterocycles. The zero-order valence-corrected chi connectivity index (χ0v) is 25.7. The van der Waals surface area contributed by atoms with Gasteiger partial charge in [0.2, 0.25) is 0 Å². The molecular formula is C44H34O. The number of fused-ring (bicyclic) bond motifs is 7. The van der Waals surface area contributed by atoms with E-state index in [-0.39, 0.29) is 5.41 Å². The van der Waals surface area contributed by atoms with Crippen LogP contribution in [0.3, 0.4) is 0 Å². The molecule has 216 valence electrons. The van der Waals surface area contributed by atoms with Crippen molar-refractivity contribution in [2.75, 3.05) is 0 Å². The summed E-state index contributed by atoms with van der Waals surface area (Å²) >= 11 is 0. The Hall–Kier alpha value is -5.14. The molecule has 0 saturated heterocycles. The minimum absolute atomic E-state index is 0.169. The lowest BCUT2D eigenvalue weighted by Gasteiger charge is -2.36. The van der Waals surface area contributed by atoms with E-state index in [1.165, 1.54) is 66.8 Å². The minimum Gasteiger partial charge on any atom is -0.457 e. The minimum atomic E-state index is -0.439. The summed E-state index contributed by atoms with van der Waals surface area (Å²) in [5.41, 5.74) is 15.1.